The second kappa shape index (κ2) is 7.04. The summed E-state index contributed by atoms with van der Waals surface area (Å²) < 4.78 is 1.09. The van der Waals surface area contributed by atoms with E-state index in [0.717, 1.165) is 10.2 Å². The minimum atomic E-state index is -0.313. The Balaban J connectivity index is 1.65. The molecule has 1 atom stereocenters. The van der Waals surface area contributed by atoms with Crippen molar-refractivity contribution in [3.63, 3.8) is 0 Å². The Bertz CT molecular complexity index is 906. The van der Waals surface area contributed by atoms with E-state index in [1.54, 1.807) is 24.3 Å². The highest BCUT2D eigenvalue weighted by Gasteiger charge is 2.11. The van der Waals surface area contributed by atoms with Gasteiger partial charge in [-0.1, -0.05) is 54.6 Å². The molecule has 0 aliphatic heterocycles. The quantitative estimate of drug-likeness (QED) is 0.776. The summed E-state index contributed by atoms with van der Waals surface area (Å²) >= 11 is 0. The maximum Gasteiger partial charge on any atom is 0.278 e. The van der Waals surface area contributed by atoms with Crippen molar-refractivity contribution < 1.29 is 4.79 Å². The van der Waals surface area contributed by atoms with Gasteiger partial charge >= 0.3 is 0 Å². The van der Waals surface area contributed by atoms with Crippen molar-refractivity contribution in [3.8, 4) is 0 Å². The van der Waals surface area contributed by atoms with Crippen LogP contribution in [0.15, 0.2) is 59.4 Å². The average molecular weight is 322 g/mol. The van der Waals surface area contributed by atoms with E-state index in [2.05, 4.69) is 15.6 Å². The third-order valence-corrected chi connectivity index (χ3v) is 3.90. The summed E-state index contributed by atoms with van der Waals surface area (Å²) in [5.41, 5.74) is 1.36. The van der Waals surface area contributed by atoms with Crippen LogP contribution in [-0.4, -0.2) is 27.4 Å². The molecule has 1 unspecified atom stereocenters. The molecule has 0 saturated carbocycles. The van der Waals surface area contributed by atoms with Crippen LogP contribution in [0.25, 0.3) is 10.9 Å². The van der Waals surface area contributed by atoms with Gasteiger partial charge in [-0.15, -0.1) is 5.10 Å². The molecule has 1 aromatic heterocycles. The van der Waals surface area contributed by atoms with Crippen LogP contribution in [0, 0.1) is 0 Å². The summed E-state index contributed by atoms with van der Waals surface area (Å²) in [6.07, 6.45) is 0. The van der Waals surface area contributed by atoms with Gasteiger partial charge in [-0.2, -0.15) is 0 Å². The molecule has 6 nitrogen and oxygen atoms in total. The van der Waals surface area contributed by atoms with Crippen molar-refractivity contribution in [2.45, 2.75) is 19.4 Å². The van der Waals surface area contributed by atoms with Crippen LogP contribution < -0.4 is 10.9 Å². The third-order valence-electron chi connectivity index (χ3n) is 3.90. The first-order valence-electron chi connectivity index (χ1n) is 7.79. The first-order chi connectivity index (χ1) is 11.6. The van der Waals surface area contributed by atoms with E-state index in [4.69, 9.17) is 0 Å². The number of nitrogens with one attached hydrogen (secondary N) is 1. The molecule has 3 rings (SSSR count). The second-order valence-electron chi connectivity index (χ2n) is 5.69. The predicted molar refractivity (Wildman–Crippen MR) is 91.7 cm³/mol. The third kappa shape index (κ3) is 3.48. The molecular weight excluding hydrogens is 304 g/mol. The first kappa shape index (κ1) is 15.9. The van der Waals surface area contributed by atoms with Crippen molar-refractivity contribution in [3.05, 3.63) is 70.5 Å². The fourth-order valence-electron chi connectivity index (χ4n) is 2.49. The zero-order valence-electron chi connectivity index (χ0n) is 13.3. The largest absolute Gasteiger partial charge is 0.354 e. The number of fused-ring (bicyclic) bond motifs is 1. The molecule has 0 spiro atoms. The molecule has 122 valence electrons. The molecule has 0 aliphatic carbocycles. The van der Waals surface area contributed by atoms with Crippen LogP contribution in [-0.2, 0) is 11.3 Å². The number of carbonyl (C=O) groups is 1. The highest BCUT2D eigenvalue weighted by Crippen LogP contribution is 2.12. The van der Waals surface area contributed by atoms with Gasteiger partial charge < -0.3 is 5.32 Å². The van der Waals surface area contributed by atoms with Crippen molar-refractivity contribution in [2.75, 3.05) is 6.54 Å². The summed E-state index contributed by atoms with van der Waals surface area (Å²) in [7, 11) is 0. The molecule has 1 N–H and O–H groups in total. The lowest BCUT2D eigenvalue weighted by atomic mass is 10.0. The number of hydrogen-bond acceptors (Lipinski definition) is 4. The fraction of sp³-hybridized carbons (Fsp3) is 0.222. The van der Waals surface area contributed by atoms with Crippen LogP contribution in [0.5, 0.6) is 0 Å². The molecule has 6 heteroatoms. The number of nitrogens with zero attached hydrogens (tertiary/aromatic N) is 3. The Hall–Kier alpha value is -3.02. The fourth-order valence-corrected chi connectivity index (χ4v) is 2.49. The van der Waals surface area contributed by atoms with Gasteiger partial charge in [0.25, 0.3) is 5.56 Å². The summed E-state index contributed by atoms with van der Waals surface area (Å²) in [4.78, 5) is 24.4. The van der Waals surface area contributed by atoms with Crippen molar-refractivity contribution in [1.29, 1.82) is 0 Å². The Morgan fingerprint density at radius 2 is 1.83 bits per heavy atom. The SMILES string of the molecule is CC(CNC(=O)Cn1nnc2ccccc2c1=O)c1ccccc1. The molecule has 0 bridgehead atoms. The summed E-state index contributed by atoms with van der Waals surface area (Å²) in [5, 5.41) is 11.1. The van der Waals surface area contributed by atoms with E-state index in [0.29, 0.717) is 17.4 Å². The zero-order chi connectivity index (χ0) is 16.9. The molecular formula is C18H18N4O2. The Morgan fingerprint density at radius 1 is 1.12 bits per heavy atom. The molecule has 1 heterocycles. The monoisotopic (exact) mass is 322 g/mol. The number of aromatic nitrogens is 3. The standard InChI is InChI=1S/C18H18N4O2/c1-13(14-7-3-2-4-8-14)11-19-17(23)12-22-18(24)15-9-5-6-10-16(15)20-21-22/h2-10,13H,11-12H2,1H3,(H,19,23). The van der Waals surface area contributed by atoms with Gasteiger partial charge in [0.15, 0.2) is 0 Å². The van der Waals surface area contributed by atoms with Crippen molar-refractivity contribution >= 4 is 16.8 Å². The van der Waals surface area contributed by atoms with Gasteiger partial charge in [0.1, 0.15) is 12.1 Å². The van der Waals surface area contributed by atoms with Crippen LogP contribution in [0.3, 0.4) is 0 Å². The zero-order valence-corrected chi connectivity index (χ0v) is 13.3. The van der Waals surface area contributed by atoms with Gasteiger partial charge in [-0.3, -0.25) is 9.59 Å². The van der Waals surface area contributed by atoms with E-state index in [9.17, 15) is 9.59 Å². The molecule has 0 radical (unpaired) electrons. The number of carbonyl (C=O) groups excluding carboxylic acids is 1. The topological polar surface area (TPSA) is 76.9 Å². The predicted octanol–water partition coefficient (Wildman–Crippen LogP) is 1.71. The Kier molecular flexibility index (Phi) is 4.65. The van der Waals surface area contributed by atoms with Crippen LogP contribution in [0.1, 0.15) is 18.4 Å². The van der Waals surface area contributed by atoms with Gasteiger partial charge in [-0.05, 0) is 23.6 Å². The van der Waals surface area contributed by atoms with E-state index >= 15 is 0 Å². The summed E-state index contributed by atoms with van der Waals surface area (Å²) in [6, 6.07) is 16.9. The first-order valence-corrected chi connectivity index (χ1v) is 7.79. The molecule has 0 fully saturated rings. The molecule has 3 aromatic rings. The minimum absolute atomic E-state index is 0.141. The molecule has 1 amide bonds. The van der Waals surface area contributed by atoms with E-state index in [1.807, 2.05) is 37.3 Å². The van der Waals surface area contributed by atoms with Crippen molar-refractivity contribution in [1.82, 2.24) is 20.3 Å². The van der Waals surface area contributed by atoms with E-state index in [1.165, 1.54) is 0 Å². The summed E-state index contributed by atoms with van der Waals surface area (Å²) in [5.74, 6) is -0.0704. The van der Waals surface area contributed by atoms with Crippen LogP contribution in [0.2, 0.25) is 0 Å². The maximum atomic E-state index is 12.3. The van der Waals surface area contributed by atoms with Crippen LogP contribution >= 0.6 is 0 Å². The number of amides is 1. The second-order valence-corrected chi connectivity index (χ2v) is 5.69. The molecule has 0 saturated heterocycles. The van der Waals surface area contributed by atoms with Crippen molar-refractivity contribution in [2.24, 2.45) is 0 Å². The molecule has 0 aliphatic rings. The Labute approximate surface area is 139 Å². The summed E-state index contributed by atoms with van der Waals surface area (Å²) in [6.45, 7) is 2.40. The maximum absolute atomic E-state index is 12.3. The minimum Gasteiger partial charge on any atom is -0.354 e. The smallest absolute Gasteiger partial charge is 0.278 e. The van der Waals surface area contributed by atoms with E-state index in [-0.39, 0.29) is 23.9 Å². The lowest BCUT2D eigenvalue weighted by Gasteiger charge is -2.13. The highest BCUT2D eigenvalue weighted by atomic mass is 16.2. The van der Waals surface area contributed by atoms with Gasteiger partial charge in [0, 0.05) is 6.54 Å². The molecule has 24 heavy (non-hydrogen) atoms. The lowest BCUT2D eigenvalue weighted by Crippen LogP contribution is -2.35. The average Bonchev–Trinajstić information content (AvgIpc) is 2.63. The van der Waals surface area contributed by atoms with Gasteiger partial charge in [0.05, 0.1) is 5.39 Å². The van der Waals surface area contributed by atoms with Crippen LogP contribution in [0.4, 0.5) is 0 Å². The number of hydrogen-bond donors (Lipinski definition) is 1. The normalized spacial score (nSPS) is 12.0. The number of rotatable bonds is 5. The van der Waals surface area contributed by atoms with Gasteiger partial charge in [0.2, 0.25) is 5.91 Å². The van der Waals surface area contributed by atoms with E-state index < -0.39 is 0 Å². The number of benzene rings is 2. The highest BCUT2D eigenvalue weighted by molar-refractivity contribution is 5.78. The Morgan fingerprint density at radius 3 is 2.62 bits per heavy atom. The molecule has 2 aromatic carbocycles. The van der Waals surface area contributed by atoms with Gasteiger partial charge in [-0.25, -0.2) is 4.68 Å². The lowest BCUT2D eigenvalue weighted by molar-refractivity contribution is -0.122.